The lowest BCUT2D eigenvalue weighted by molar-refractivity contribution is -0.117. The molecule has 0 aromatic heterocycles. The highest BCUT2D eigenvalue weighted by molar-refractivity contribution is 5.93. The summed E-state index contributed by atoms with van der Waals surface area (Å²) in [5, 5.41) is 3.00. The van der Waals surface area contributed by atoms with E-state index < -0.39 is 0 Å². The zero-order valence-electron chi connectivity index (χ0n) is 17.2. The van der Waals surface area contributed by atoms with Crippen molar-refractivity contribution in [2.75, 3.05) is 25.0 Å². The van der Waals surface area contributed by atoms with Crippen molar-refractivity contribution in [1.29, 1.82) is 0 Å². The Kier molecular flexibility index (Phi) is 12.0. The molecule has 146 valence electrons. The molecule has 0 aliphatic heterocycles. The number of nitrogens with one attached hydrogen (secondary N) is 1. The SMILES string of the molecule is CCCC=C(C)C(N)=O.CCN(CC)CC(=O)Nc1c(C)cccc1C. The van der Waals surface area contributed by atoms with Gasteiger partial charge in [-0.05, 0) is 51.4 Å². The van der Waals surface area contributed by atoms with Crippen LogP contribution in [0.15, 0.2) is 29.8 Å². The van der Waals surface area contributed by atoms with Crippen molar-refractivity contribution in [3.63, 3.8) is 0 Å². The van der Waals surface area contributed by atoms with E-state index in [1.165, 1.54) is 0 Å². The zero-order chi connectivity index (χ0) is 20.1. The average Bonchev–Trinajstić information content (AvgIpc) is 2.61. The van der Waals surface area contributed by atoms with Gasteiger partial charge in [0.1, 0.15) is 0 Å². The van der Waals surface area contributed by atoms with E-state index in [-0.39, 0.29) is 11.8 Å². The van der Waals surface area contributed by atoms with E-state index >= 15 is 0 Å². The van der Waals surface area contributed by atoms with Crippen molar-refractivity contribution in [2.24, 2.45) is 5.73 Å². The maximum atomic E-state index is 11.9. The fourth-order valence-corrected chi connectivity index (χ4v) is 2.30. The van der Waals surface area contributed by atoms with Gasteiger partial charge in [0.2, 0.25) is 11.8 Å². The molecule has 26 heavy (non-hydrogen) atoms. The third-order valence-electron chi connectivity index (χ3n) is 4.14. The van der Waals surface area contributed by atoms with E-state index in [1.807, 2.05) is 38.1 Å². The van der Waals surface area contributed by atoms with Gasteiger partial charge in [0.05, 0.1) is 6.54 Å². The Bertz CT molecular complexity index is 585. The molecule has 0 bridgehead atoms. The van der Waals surface area contributed by atoms with Crippen molar-refractivity contribution in [3.8, 4) is 0 Å². The monoisotopic (exact) mass is 361 g/mol. The number of allylic oxidation sites excluding steroid dienone is 1. The number of benzene rings is 1. The molecule has 1 aromatic rings. The molecule has 0 spiro atoms. The normalized spacial score (nSPS) is 11.0. The number of nitrogens with zero attached hydrogens (tertiary/aromatic N) is 1. The summed E-state index contributed by atoms with van der Waals surface area (Å²) in [6, 6.07) is 6.03. The Hall–Kier alpha value is -2.14. The lowest BCUT2D eigenvalue weighted by Crippen LogP contribution is -2.33. The maximum absolute atomic E-state index is 11.9. The molecular formula is C21H35N3O2. The van der Waals surface area contributed by atoms with Crippen LogP contribution in [0.1, 0.15) is 51.7 Å². The van der Waals surface area contributed by atoms with Crippen LogP contribution in [-0.2, 0) is 9.59 Å². The minimum Gasteiger partial charge on any atom is -0.366 e. The van der Waals surface area contributed by atoms with E-state index in [9.17, 15) is 9.59 Å². The lowest BCUT2D eigenvalue weighted by atomic mass is 10.1. The standard InChI is InChI=1S/C14H22N2O.C7H13NO/c1-5-16(6-2)10-13(17)15-14-11(3)8-7-9-12(14)4;1-3-4-5-6(2)7(8)9/h7-9H,5-6,10H2,1-4H3,(H,15,17);5H,3-4H2,1-2H3,(H2,8,9). The summed E-state index contributed by atoms with van der Waals surface area (Å²) < 4.78 is 0. The second-order valence-corrected chi connectivity index (χ2v) is 6.32. The molecule has 1 aromatic carbocycles. The Morgan fingerprint density at radius 2 is 1.65 bits per heavy atom. The van der Waals surface area contributed by atoms with Crippen LogP contribution >= 0.6 is 0 Å². The Morgan fingerprint density at radius 1 is 1.12 bits per heavy atom. The first kappa shape index (κ1) is 23.9. The number of likely N-dealkylation sites (N-methyl/N-ethyl adjacent to an activating group) is 1. The largest absolute Gasteiger partial charge is 0.366 e. The third kappa shape index (κ3) is 9.37. The van der Waals surface area contributed by atoms with Crippen LogP contribution in [-0.4, -0.2) is 36.3 Å². The highest BCUT2D eigenvalue weighted by Crippen LogP contribution is 2.19. The molecule has 0 saturated heterocycles. The molecule has 0 radical (unpaired) electrons. The van der Waals surface area contributed by atoms with Gasteiger partial charge in [0, 0.05) is 11.3 Å². The third-order valence-corrected chi connectivity index (χ3v) is 4.14. The van der Waals surface area contributed by atoms with Gasteiger partial charge in [-0.3, -0.25) is 14.5 Å². The minimum atomic E-state index is -0.316. The molecule has 5 heteroatoms. The van der Waals surface area contributed by atoms with Crippen LogP contribution in [0.2, 0.25) is 0 Å². The maximum Gasteiger partial charge on any atom is 0.244 e. The zero-order valence-corrected chi connectivity index (χ0v) is 17.2. The fraction of sp³-hybridized carbons (Fsp3) is 0.524. The number of amides is 2. The summed E-state index contributed by atoms with van der Waals surface area (Å²) in [7, 11) is 0. The first-order chi connectivity index (χ1) is 12.3. The first-order valence-corrected chi connectivity index (χ1v) is 9.31. The van der Waals surface area contributed by atoms with Crippen molar-refractivity contribution in [1.82, 2.24) is 4.90 Å². The second-order valence-electron chi connectivity index (χ2n) is 6.32. The van der Waals surface area contributed by atoms with Crippen LogP contribution in [0.3, 0.4) is 0 Å². The first-order valence-electron chi connectivity index (χ1n) is 9.31. The number of aryl methyl sites for hydroxylation is 2. The van der Waals surface area contributed by atoms with E-state index in [0.29, 0.717) is 12.1 Å². The second kappa shape index (κ2) is 13.1. The van der Waals surface area contributed by atoms with Gasteiger partial charge < -0.3 is 11.1 Å². The number of nitrogens with two attached hydrogens (primary N) is 1. The predicted molar refractivity (Wildman–Crippen MR) is 110 cm³/mol. The number of para-hydroxylation sites is 1. The molecule has 0 fully saturated rings. The lowest BCUT2D eigenvalue weighted by Gasteiger charge is -2.18. The van der Waals surface area contributed by atoms with Gasteiger partial charge in [-0.1, -0.05) is 51.5 Å². The molecule has 0 aliphatic carbocycles. The summed E-state index contributed by atoms with van der Waals surface area (Å²) in [6.07, 6.45) is 3.86. The van der Waals surface area contributed by atoms with Crippen molar-refractivity contribution in [3.05, 3.63) is 41.0 Å². The number of carbonyl (C=O) groups excluding carboxylic acids is 2. The smallest absolute Gasteiger partial charge is 0.244 e. The molecule has 1 rings (SSSR count). The van der Waals surface area contributed by atoms with Crippen LogP contribution in [0.5, 0.6) is 0 Å². The molecule has 2 amide bonds. The van der Waals surface area contributed by atoms with E-state index in [0.717, 1.165) is 42.7 Å². The number of hydrogen-bond donors (Lipinski definition) is 2. The van der Waals surface area contributed by atoms with E-state index in [4.69, 9.17) is 5.73 Å². The van der Waals surface area contributed by atoms with Crippen LogP contribution < -0.4 is 11.1 Å². The fourth-order valence-electron chi connectivity index (χ4n) is 2.30. The van der Waals surface area contributed by atoms with E-state index in [1.54, 1.807) is 6.92 Å². The number of rotatable bonds is 8. The Morgan fingerprint density at radius 3 is 2.08 bits per heavy atom. The molecule has 3 N–H and O–H groups in total. The summed E-state index contributed by atoms with van der Waals surface area (Å²) in [5.74, 6) is -0.255. The van der Waals surface area contributed by atoms with Crippen molar-refractivity contribution in [2.45, 2.75) is 54.4 Å². The molecular weight excluding hydrogens is 326 g/mol. The van der Waals surface area contributed by atoms with Crippen LogP contribution in [0.25, 0.3) is 0 Å². The number of hydrogen-bond acceptors (Lipinski definition) is 3. The van der Waals surface area contributed by atoms with Gasteiger partial charge in [0.15, 0.2) is 0 Å². The van der Waals surface area contributed by atoms with Crippen LogP contribution in [0, 0.1) is 13.8 Å². The van der Waals surface area contributed by atoms with Gasteiger partial charge in [-0.25, -0.2) is 0 Å². The van der Waals surface area contributed by atoms with Gasteiger partial charge in [-0.2, -0.15) is 0 Å². The highest BCUT2D eigenvalue weighted by Gasteiger charge is 2.10. The van der Waals surface area contributed by atoms with Crippen molar-refractivity contribution >= 4 is 17.5 Å². The summed E-state index contributed by atoms with van der Waals surface area (Å²) in [5.41, 5.74) is 8.80. The van der Waals surface area contributed by atoms with Gasteiger partial charge in [0.25, 0.3) is 0 Å². The quantitative estimate of drug-likeness (QED) is 0.692. The summed E-state index contributed by atoms with van der Waals surface area (Å²) in [4.78, 5) is 24.4. The average molecular weight is 362 g/mol. The minimum absolute atomic E-state index is 0.0612. The summed E-state index contributed by atoms with van der Waals surface area (Å²) in [6.45, 7) is 14.2. The molecule has 0 atom stereocenters. The van der Waals surface area contributed by atoms with Crippen molar-refractivity contribution < 1.29 is 9.59 Å². The summed E-state index contributed by atoms with van der Waals surface area (Å²) >= 11 is 0. The number of carbonyl (C=O) groups is 2. The topological polar surface area (TPSA) is 75.4 Å². The molecule has 0 saturated carbocycles. The van der Waals surface area contributed by atoms with Gasteiger partial charge in [-0.15, -0.1) is 0 Å². The molecule has 0 heterocycles. The molecule has 0 unspecified atom stereocenters. The Labute approximate surface area is 158 Å². The van der Waals surface area contributed by atoms with Crippen LogP contribution in [0.4, 0.5) is 5.69 Å². The van der Waals surface area contributed by atoms with Gasteiger partial charge >= 0.3 is 0 Å². The number of primary amides is 1. The molecule has 5 nitrogen and oxygen atoms in total. The highest BCUT2D eigenvalue weighted by atomic mass is 16.2. The number of unbranched alkanes of at least 4 members (excludes halogenated alkanes) is 1. The molecule has 0 aliphatic rings. The van der Waals surface area contributed by atoms with E-state index in [2.05, 4.69) is 31.0 Å². The Balaban J connectivity index is 0.000000590. The number of anilines is 1. The predicted octanol–water partition coefficient (Wildman–Crippen LogP) is 3.80.